The Morgan fingerprint density at radius 1 is 1.03 bits per heavy atom. The molecule has 1 amide bonds. The Bertz CT molecular complexity index is 916. The molecule has 0 saturated carbocycles. The van der Waals surface area contributed by atoms with Crippen molar-refractivity contribution >= 4 is 41.6 Å². The molecule has 2 heterocycles. The van der Waals surface area contributed by atoms with Crippen LogP contribution in [-0.2, 0) is 36.8 Å². The number of carbonyl (C=O) groups excluding carboxylic acids is 5. The maximum absolute atomic E-state index is 11.6. The lowest BCUT2D eigenvalue weighted by Gasteiger charge is -2.20. The molecule has 0 saturated heterocycles. The molecule has 11 heteroatoms. The molecule has 0 spiro atoms. The van der Waals surface area contributed by atoms with E-state index in [9.17, 15) is 4.79 Å². The third-order valence-corrected chi connectivity index (χ3v) is 4.00. The van der Waals surface area contributed by atoms with Crippen LogP contribution in [0.1, 0.15) is 51.3 Å². The summed E-state index contributed by atoms with van der Waals surface area (Å²) in [5.74, 6) is 1.12. The van der Waals surface area contributed by atoms with Crippen LogP contribution in [0.25, 0.3) is 0 Å². The molecule has 3 N–H and O–H groups in total. The van der Waals surface area contributed by atoms with E-state index in [2.05, 4.69) is 29.1 Å². The second kappa shape index (κ2) is 17.0. The summed E-state index contributed by atoms with van der Waals surface area (Å²) < 4.78 is 5.15. The van der Waals surface area contributed by atoms with E-state index in [-0.39, 0.29) is 12.3 Å². The highest BCUT2D eigenvalue weighted by molar-refractivity contribution is 6.31. The van der Waals surface area contributed by atoms with Gasteiger partial charge in [-0.25, -0.2) is 14.8 Å². The minimum Gasteiger partial charge on any atom is -0.444 e. The highest BCUT2D eigenvalue weighted by Gasteiger charge is 2.18. The molecule has 0 aliphatic heterocycles. The van der Waals surface area contributed by atoms with Crippen LogP contribution in [0.15, 0.2) is 24.5 Å². The fourth-order valence-electron chi connectivity index (χ4n) is 2.38. The van der Waals surface area contributed by atoms with Gasteiger partial charge in [-0.05, 0) is 63.8 Å². The fourth-order valence-corrected chi connectivity index (χ4v) is 2.66. The van der Waals surface area contributed by atoms with E-state index in [4.69, 9.17) is 41.2 Å². The SMILES string of the molecule is CCc1c(C)ccnc1N.CCc1c(Cl)ccnc1NC(=O)OC(C)(C)C.O=C=O.O=C=O. The molecular formula is C22H29ClN4O6. The van der Waals surface area contributed by atoms with Gasteiger partial charge in [-0.3, -0.25) is 5.32 Å². The summed E-state index contributed by atoms with van der Waals surface area (Å²) in [4.78, 5) is 52.2. The van der Waals surface area contributed by atoms with Crippen molar-refractivity contribution in [2.45, 2.75) is 60.0 Å². The second-order valence-corrected chi connectivity index (χ2v) is 7.52. The number of amides is 1. The van der Waals surface area contributed by atoms with E-state index in [1.807, 2.05) is 13.0 Å². The van der Waals surface area contributed by atoms with Gasteiger partial charge in [-0.15, -0.1) is 0 Å². The van der Waals surface area contributed by atoms with Gasteiger partial charge in [0.15, 0.2) is 0 Å². The molecule has 0 unspecified atom stereocenters. The van der Waals surface area contributed by atoms with Crippen LogP contribution in [-0.4, -0.2) is 34.0 Å². The highest BCUT2D eigenvalue weighted by Crippen LogP contribution is 2.23. The summed E-state index contributed by atoms with van der Waals surface area (Å²) in [6.45, 7) is 11.5. The number of pyridine rings is 2. The zero-order chi connectivity index (χ0) is 26.0. The summed E-state index contributed by atoms with van der Waals surface area (Å²) in [5.41, 5.74) is 8.29. The van der Waals surface area contributed by atoms with Crippen molar-refractivity contribution in [3.63, 3.8) is 0 Å². The molecule has 0 bridgehead atoms. The van der Waals surface area contributed by atoms with E-state index in [1.165, 1.54) is 11.1 Å². The monoisotopic (exact) mass is 480 g/mol. The second-order valence-electron chi connectivity index (χ2n) is 7.11. The molecule has 2 rings (SSSR count). The Balaban J connectivity index is 0. The molecule has 10 nitrogen and oxygen atoms in total. The van der Waals surface area contributed by atoms with Gasteiger partial charge in [0.2, 0.25) is 0 Å². The van der Waals surface area contributed by atoms with Crippen LogP contribution in [0, 0.1) is 6.92 Å². The predicted molar refractivity (Wildman–Crippen MR) is 121 cm³/mol. The zero-order valence-corrected chi connectivity index (χ0v) is 20.3. The quantitative estimate of drug-likeness (QED) is 0.661. The first kappa shape index (κ1) is 31.6. The number of nitrogen functional groups attached to an aromatic ring is 1. The third-order valence-electron chi connectivity index (χ3n) is 3.65. The van der Waals surface area contributed by atoms with Gasteiger partial charge in [0.05, 0.1) is 0 Å². The number of rotatable bonds is 3. The molecule has 0 aliphatic carbocycles. The van der Waals surface area contributed by atoms with E-state index >= 15 is 0 Å². The predicted octanol–water partition coefficient (Wildman–Crippen LogP) is 4.01. The highest BCUT2D eigenvalue weighted by atomic mass is 35.5. The maximum Gasteiger partial charge on any atom is 0.413 e. The molecule has 0 aromatic carbocycles. The van der Waals surface area contributed by atoms with Gasteiger partial charge in [0.1, 0.15) is 17.2 Å². The topological polar surface area (TPSA) is 158 Å². The average Bonchev–Trinajstić information content (AvgIpc) is 2.69. The van der Waals surface area contributed by atoms with Crippen LogP contribution < -0.4 is 11.1 Å². The van der Waals surface area contributed by atoms with Crippen molar-refractivity contribution in [3.8, 4) is 0 Å². The zero-order valence-electron chi connectivity index (χ0n) is 19.5. The normalized spacial score (nSPS) is 9.18. The third kappa shape index (κ3) is 14.2. The molecule has 180 valence electrons. The average molecular weight is 481 g/mol. The van der Waals surface area contributed by atoms with E-state index in [0.717, 1.165) is 12.0 Å². The largest absolute Gasteiger partial charge is 0.444 e. The van der Waals surface area contributed by atoms with Gasteiger partial charge >= 0.3 is 18.4 Å². The first-order valence-corrected chi connectivity index (χ1v) is 10.1. The molecule has 2 aromatic heterocycles. The van der Waals surface area contributed by atoms with Gasteiger partial charge in [-0.1, -0.05) is 25.4 Å². The van der Waals surface area contributed by atoms with E-state index in [0.29, 0.717) is 23.1 Å². The number of ether oxygens (including phenoxy) is 1. The van der Waals surface area contributed by atoms with Gasteiger partial charge in [0, 0.05) is 23.0 Å². The van der Waals surface area contributed by atoms with Crippen LogP contribution in [0.4, 0.5) is 16.4 Å². The Labute approximate surface area is 197 Å². The minimum atomic E-state index is -0.533. The summed E-state index contributed by atoms with van der Waals surface area (Å²) in [7, 11) is 0. The van der Waals surface area contributed by atoms with E-state index in [1.54, 1.807) is 39.2 Å². The number of carbonyl (C=O) groups is 1. The Kier molecular flexibility index (Phi) is 16.3. The van der Waals surface area contributed by atoms with Crippen molar-refractivity contribution in [2.24, 2.45) is 0 Å². The van der Waals surface area contributed by atoms with Crippen LogP contribution >= 0.6 is 11.6 Å². The van der Waals surface area contributed by atoms with Gasteiger partial charge in [0.25, 0.3) is 0 Å². The summed E-state index contributed by atoms with van der Waals surface area (Å²) in [6.07, 6.45) is 4.92. The molecule has 0 aliphatic rings. The lowest BCUT2D eigenvalue weighted by atomic mass is 10.1. The lowest BCUT2D eigenvalue weighted by Crippen LogP contribution is -2.27. The number of halogens is 1. The Morgan fingerprint density at radius 2 is 1.52 bits per heavy atom. The number of nitrogens with one attached hydrogen (secondary N) is 1. The fraction of sp³-hybridized carbons (Fsp3) is 0.409. The summed E-state index contributed by atoms with van der Waals surface area (Å²) in [5, 5.41) is 3.19. The molecule has 2 aromatic rings. The Morgan fingerprint density at radius 3 is 1.91 bits per heavy atom. The number of aryl methyl sites for hydroxylation is 1. The molecule has 33 heavy (non-hydrogen) atoms. The van der Waals surface area contributed by atoms with Crippen LogP contribution in [0.5, 0.6) is 0 Å². The van der Waals surface area contributed by atoms with Crippen molar-refractivity contribution in [3.05, 3.63) is 46.2 Å². The van der Waals surface area contributed by atoms with Gasteiger partial charge < -0.3 is 10.5 Å². The van der Waals surface area contributed by atoms with Crippen molar-refractivity contribution in [1.82, 2.24) is 9.97 Å². The maximum atomic E-state index is 11.6. The molecule has 0 atom stereocenters. The number of hydrogen-bond acceptors (Lipinski definition) is 9. The molecule has 0 fully saturated rings. The molecular weight excluding hydrogens is 452 g/mol. The number of hydrogen-bond donors (Lipinski definition) is 2. The number of anilines is 2. The van der Waals surface area contributed by atoms with Crippen molar-refractivity contribution in [1.29, 1.82) is 0 Å². The summed E-state index contributed by atoms with van der Waals surface area (Å²) >= 11 is 6.01. The Hall–Kier alpha value is -3.58. The van der Waals surface area contributed by atoms with Crippen LogP contribution in [0.2, 0.25) is 5.02 Å². The number of nitrogens with zero attached hydrogens (tertiary/aromatic N) is 2. The van der Waals surface area contributed by atoms with E-state index < -0.39 is 11.7 Å². The number of nitrogens with two attached hydrogens (primary N) is 1. The van der Waals surface area contributed by atoms with Crippen LogP contribution in [0.3, 0.4) is 0 Å². The van der Waals surface area contributed by atoms with Crippen molar-refractivity contribution < 1.29 is 28.7 Å². The number of aromatic nitrogens is 2. The lowest BCUT2D eigenvalue weighted by molar-refractivity contribution is -0.193. The van der Waals surface area contributed by atoms with Gasteiger partial charge in [-0.2, -0.15) is 19.2 Å². The minimum absolute atomic E-state index is 0.250. The smallest absolute Gasteiger partial charge is 0.413 e. The first-order valence-electron chi connectivity index (χ1n) is 9.74. The standard InChI is InChI=1S/C12H17ClN2O2.C8H12N2.2CO2/c1-5-8-9(13)6-7-14-10(8)15-11(16)17-12(2,3)4;1-3-7-6(2)4-5-10-8(7)9;2*2-1-3/h6-7H,5H2,1-4H3,(H,14,15,16);4-5H,3H2,1-2H3,(H2,9,10);;. The molecule has 0 radical (unpaired) electrons. The first-order chi connectivity index (χ1) is 15.4. The summed E-state index contributed by atoms with van der Waals surface area (Å²) in [6, 6.07) is 3.68. The van der Waals surface area contributed by atoms with Crippen molar-refractivity contribution in [2.75, 3.05) is 11.1 Å².